The highest BCUT2D eigenvalue weighted by atomic mass is 16.5. The number of anilines is 2. The van der Waals surface area contributed by atoms with E-state index in [2.05, 4.69) is 26.2 Å². The van der Waals surface area contributed by atoms with Gasteiger partial charge in [-0.05, 0) is 71.1 Å². The summed E-state index contributed by atoms with van der Waals surface area (Å²) in [5, 5.41) is 16.6. The van der Waals surface area contributed by atoms with Gasteiger partial charge in [0, 0.05) is 16.9 Å². The van der Waals surface area contributed by atoms with Crippen molar-refractivity contribution in [3.05, 3.63) is 78.6 Å². The Morgan fingerprint density at radius 1 is 0.886 bits per heavy atom. The number of hydrogen-bond donors (Lipinski definition) is 2. The first-order chi connectivity index (χ1) is 17.1. The Bertz CT molecular complexity index is 1310. The van der Waals surface area contributed by atoms with Crippen molar-refractivity contribution < 1.29 is 23.8 Å². The molecule has 1 aromatic heterocycles. The molecule has 0 aliphatic carbocycles. The lowest BCUT2D eigenvalue weighted by atomic mass is 10.1. The summed E-state index contributed by atoms with van der Waals surface area (Å²) >= 11 is 0. The van der Waals surface area contributed by atoms with E-state index in [4.69, 9.17) is 14.2 Å². The first kappa shape index (κ1) is 23.2. The molecular weight excluding hydrogens is 452 g/mol. The van der Waals surface area contributed by atoms with E-state index < -0.39 is 0 Å². The Labute approximate surface area is 200 Å². The lowest BCUT2D eigenvalue weighted by Gasteiger charge is -2.13. The molecule has 0 aliphatic heterocycles. The van der Waals surface area contributed by atoms with Gasteiger partial charge in [0.15, 0.2) is 18.1 Å². The van der Waals surface area contributed by atoms with Crippen LogP contribution in [0.25, 0.3) is 5.69 Å². The van der Waals surface area contributed by atoms with E-state index in [0.717, 1.165) is 0 Å². The summed E-state index contributed by atoms with van der Waals surface area (Å²) in [6.45, 7) is -0.238. The van der Waals surface area contributed by atoms with Crippen LogP contribution >= 0.6 is 0 Å². The third-order valence-corrected chi connectivity index (χ3v) is 4.88. The van der Waals surface area contributed by atoms with Gasteiger partial charge in [-0.15, -0.1) is 5.10 Å². The third kappa shape index (κ3) is 5.90. The van der Waals surface area contributed by atoms with E-state index in [1.165, 1.54) is 24.2 Å². The quantitative estimate of drug-likeness (QED) is 0.379. The first-order valence-electron chi connectivity index (χ1n) is 10.5. The molecule has 2 amide bonds. The summed E-state index contributed by atoms with van der Waals surface area (Å²) in [5.74, 6) is 0.641. The van der Waals surface area contributed by atoms with Crippen molar-refractivity contribution in [3.8, 4) is 22.9 Å². The highest BCUT2D eigenvalue weighted by Gasteiger charge is 2.13. The minimum atomic E-state index is -0.346. The van der Waals surface area contributed by atoms with Crippen LogP contribution in [0.5, 0.6) is 17.2 Å². The molecule has 0 spiro atoms. The number of rotatable bonds is 9. The average Bonchev–Trinajstić information content (AvgIpc) is 3.43. The molecule has 0 aliphatic rings. The van der Waals surface area contributed by atoms with Crippen LogP contribution in [-0.2, 0) is 4.79 Å². The van der Waals surface area contributed by atoms with Crippen molar-refractivity contribution in [3.63, 3.8) is 0 Å². The fourth-order valence-electron chi connectivity index (χ4n) is 3.15. The highest BCUT2D eigenvalue weighted by Crippen LogP contribution is 2.28. The maximum absolute atomic E-state index is 12.8. The molecule has 3 aromatic carbocycles. The molecule has 0 unspecified atom stereocenters. The Kier molecular flexibility index (Phi) is 7.16. The Morgan fingerprint density at radius 2 is 1.71 bits per heavy atom. The number of amides is 2. The number of carbonyl (C=O) groups is 2. The molecule has 2 N–H and O–H groups in total. The predicted molar refractivity (Wildman–Crippen MR) is 127 cm³/mol. The molecule has 0 saturated carbocycles. The molecule has 0 saturated heterocycles. The van der Waals surface area contributed by atoms with Crippen molar-refractivity contribution in [2.45, 2.75) is 0 Å². The number of tetrazole rings is 1. The van der Waals surface area contributed by atoms with Crippen LogP contribution in [0.4, 0.5) is 11.4 Å². The molecule has 0 atom stereocenters. The van der Waals surface area contributed by atoms with Crippen LogP contribution < -0.4 is 24.8 Å². The number of ether oxygens (including phenoxy) is 3. The second kappa shape index (κ2) is 10.8. The second-order valence-corrected chi connectivity index (χ2v) is 7.19. The smallest absolute Gasteiger partial charge is 0.262 e. The van der Waals surface area contributed by atoms with E-state index in [9.17, 15) is 9.59 Å². The fraction of sp³-hybridized carbons (Fsp3) is 0.125. The Hall–Kier alpha value is -4.93. The number of nitrogens with one attached hydrogen (secondary N) is 2. The summed E-state index contributed by atoms with van der Waals surface area (Å²) in [4.78, 5) is 25.0. The fourth-order valence-corrected chi connectivity index (χ4v) is 3.15. The van der Waals surface area contributed by atoms with Gasteiger partial charge in [0.25, 0.3) is 11.8 Å². The molecule has 0 bridgehead atoms. The maximum Gasteiger partial charge on any atom is 0.262 e. The zero-order valence-electron chi connectivity index (χ0n) is 19.0. The summed E-state index contributed by atoms with van der Waals surface area (Å²) < 4.78 is 17.5. The van der Waals surface area contributed by atoms with Gasteiger partial charge in [0.1, 0.15) is 12.1 Å². The van der Waals surface area contributed by atoms with Crippen LogP contribution in [-0.4, -0.2) is 52.8 Å². The summed E-state index contributed by atoms with van der Waals surface area (Å²) in [6, 6.07) is 18.7. The van der Waals surface area contributed by atoms with Crippen molar-refractivity contribution in [1.29, 1.82) is 0 Å². The van der Waals surface area contributed by atoms with Crippen LogP contribution in [0.3, 0.4) is 0 Å². The molecule has 4 aromatic rings. The van der Waals surface area contributed by atoms with E-state index >= 15 is 0 Å². The van der Waals surface area contributed by atoms with E-state index in [0.29, 0.717) is 39.9 Å². The van der Waals surface area contributed by atoms with Gasteiger partial charge in [-0.2, -0.15) is 0 Å². The lowest BCUT2D eigenvalue weighted by Crippen LogP contribution is -2.20. The predicted octanol–water partition coefficient (Wildman–Crippen LogP) is 2.95. The Balaban J connectivity index is 1.38. The lowest BCUT2D eigenvalue weighted by molar-refractivity contribution is -0.118. The van der Waals surface area contributed by atoms with Gasteiger partial charge in [0.2, 0.25) is 0 Å². The number of nitrogens with zero attached hydrogens (tertiary/aromatic N) is 4. The van der Waals surface area contributed by atoms with E-state index in [-0.39, 0.29) is 18.4 Å². The number of benzene rings is 3. The van der Waals surface area contributed by atoms with Crippen molar-refractivity contribution in [2.75, 3.05) is 31.5 Å². The van der Waals surface area contributed by atoms with Crippen molar-refractivity contribution in [1.82, 2.24) is 20.2 Å². The van der Waals surface area contributed by atoms with Gasteiger partial charge < -0.3 is 24.8 Å². The minimum absolute atomic E-state index is 0.238. The zero-order valence-corrected chi connectivity index (χ0v) is 19.0. The summed E-state index contributed by atoms with van der Waals surface area (Å²) in [5.41, 5.74) is 2.23. The van der Waals surface area contributed by atoms with Gasteiger partial charge in [-0.1, -0.05) is 6.07 Å². The minimum Gasteiger partial charge on any atom is -0.497 e. The average molecular weight is 474 g/mol. The monoisotopic (exact) mass is 474 g/mol. The molecule has 4 rings (SSSR count). The molecule has 11 nitrogen and oxygen atoms in total. The van der Waals surface area contributed by atoms with Crippen LogP contribution in [0, 0.1) is 0 Å². The third-order valence-electron chi connectivity index (χ3n) is 4.88. The molecule has 0 radical (unpaired) electrons. The van der Waals surface area contributed by atoms with E-state index in [1.54, 1.807) is 61.7 Å². The van der Waals surface area contributed by atoms with Crippen LogP contribution in [0.1, 0.15) is 10.4 Å². The molecular formula is C24H22N6O5. The van der Waals surface area contributed by atoms with E-state index in [1.807, 2.05) is 6.07 Å². The normalized spacial score (nSPS) is 10.3. The SMILES string of the molecule is COc1ccc(NC(=O)COc2ccc(C(=O)Nc3cccc(-n4cnnn4)c3)cc2OC)cc1. The van der Waals surface area contributed by atoms with Gasteiger partial charge >= 0.3 is 0 Å². The zero-order chi connectivity index (χ0) is 24.6. The molecule has 0 fully saturated rings. The summed E-state index contributed by atoms with van der Waals surface area (Å²) in [7, 11) is 3.02. The van der Waals surface area contributed by atoms with Crippen molar-refractivity contribution in [2.24, 2.45) is 0 Å². The molecule has 35 heavy (non-hydrogen) atoms. The van der Waals surface area contributed by atoms with Gasteiger partial charge in [-0.3, -0.25) is 9.59 Å². The molecule has 1 heterocycles. The second-order valence-electron chi connectivity index (χ2n) is 7.19. The van der Waals surface area contributed by atoms with Gasteiger partial charge in [0.05, 0.1) is 19.9 Å². The largest absolute Gasteiger partial charge is 0.497 e. The van der Waals surface area contributed by atoms with Gasteiger partial charge in [-0.25, -0.2) is 4.68 Å². The summed E-state index contributed by atoms with van der Waals surface area (Å²) in [6.07, 6.45) is 1.46. The molecule has 178 valence electrons. The number of aromatic nitrogens is 4. The molecule has 11 heteroatoms. The number of carbonyl (C=O) groups excluding carboxylic acids is 2. The van der Waals surface area contributed by atoms with Crippen molar-refractivity contribution >= 4 is 23.2 Å². The first-order valence-corrected chi connectivity index (χ1v) is 10.5. The number of methoxy groups -OCH3 is 2. The van der Waals surface area contributed by atoms with Crippen LogP contribution in [0.15, 0.2) is 73.1 Å². The number of hydrogen-bond acceptors (Lipinski definition) is 8. The maximum atomic E-state index is 12.8. The van der Waals surface area contributed by atoms with Crippen LogP contribution in [0.2, 0.25) is 0 Å². The Morgan fingerprint density at radius 3 is 2.43 bits per heavy atom. The standard InChI is InChI=1S/C24H22N6O5/c1-33-20-9-7-17(8-10-20)26-23(31)14-35-21-11-6-16(12-22(21)34-2)24(32)27-18-4-3-5-19(13-18)30-15-25-28-29-30/h3-13,15H,14H2,1-2H3,(H,26,31)(H,27,32). The topological polar surface area (TPSA) is 129 Å². The highest BCUT2D eigenvalue weighted by molar-refractivity contribution is 6.04.